The van der Waals surface area contributed by atoms with Crippen LogP contribution in [0.3, 0.4) is 0 Å². The van der Waals surface area contributed by atoms with Crippen LogP contribution >= 0.6 is 11.6 Å². The molecule has 3 aromatic carbocycles. The van der Waals surface area contributed by atoms with Gasteiger partial charge in [-0.3, -0.25) is 14.5 Å². The van der Waals surface area contributed by atoms with Gasteiger partial charge in [0.25, 0.3) is 11.7 Å². The SMILES string of the molecule is COc1cc(/C(O)=C2\C(=O)C(=O)N(c3ccc(OCC(C)C)cc3)C2c2ccccc2C)ccc1Cl. The van der Waals surface area contributed by atoms with Crippen molar-refractivity contribution >= 4 is 34.7 Å². The predicted octanol–water partition coefficient (Wildman–Crippen LogP) is 6.32. The normalized spacial score (nSPS) is 17.1. The van der Waals surface area contributed by atoms with Gasteiger partial charge in [0.2, 0.25) is 0 Å². The van der Waals surface area contributed by atoms with Crippen LogP contribution in [0.4, 0.5) is 5.69 Å². The Kier molecular flexibility index (Phi) is 7.36. The number of amides is 1. The number of ketones is 1. The summed E-state index contributed by atoms with van der Waals surface area (Å²) in [7, 11) is 1.46. The first-order chi connectivity index (χ1) is 17.2. The Morgan fingerprint density at radius 1 is 1.06 bits per heavy atom. The van der Waals surface area contributed by atoms with Gasteiger partial charge < -0.3 is 14.6 Å². The van der Waals surface area contributed by atoms with E-state index in [4.69, 9.17) is 21.1 Å². The third kappa shape index (κ3) is 4.82. The topological polar surface area (TPSA) is 76.1 Å². The second-order valence-corrected chi connectivity index (χ2v) is 9.48. The summed E-state index contributed by atoms with van der Waals surface area (Å²) < 4.78 is 11.0. The van der Waals surface area contributed by atoms with Gasteiger partial charge in [-0.15, -0.1) is 0 Å². The number of Topliss-reactive ketones (excluding diaryl/α,β-unsaturated/α-hetero) is 1. The first-order valence-electron chi connectivity index (χ1n) is 11.7. The fourth-order valence-electron chi connectivity index (χ4n) is 4.22. The molecule has 1 saturated heterocycles. The molecule has 0 radical (unpaired) electrons. The summed E-state index contributed by atoms with van der Waals surface area (Å²) in [5, 5.41) is 11.7. The van der Waals surface area contributed by atoms with Crippen molar-refractivity contribution in [2.45, 2.75) is 26.8 Å². The van der Waals surface area contributed by atoms with Crippen molar-refractivity contribution < 1.29 is 24.2 Å². The molecule has 36 heavy (non-hydrogen) atoms. The van der Waals surface area contributed by atoms with Crippen molar-refractivity contribution in [1.29, 1.82) is 0 Å². The molecule has 6 nitrogen and oxygen atoms in total. The number of rotatable bonds is 7. The third-order valence-electron chi connectivity index (χ3n) is 6.05. The van der Waals surface area contributed by atoms with Gasteiger partial charge in [-0.05, 0) is 66.4 Å². The molecule has 1 amide bonds. The largest absolute Gasteiger partial charge is 0.507 e. The van der Waals surface area contributed by atoms with Crippen LogP contribution in [0.1, 0.15) is 36.6 Å². The number of nitrogens with zero attached hydrogens (tertiary/aromatic N) is 1. The smallest absolute Gasteiger partial charge is 0.300 e. The molecule has 4 rings (SSSR count). The van der Waals surface area contributed by atoms with Crippen LogP contribution in [0.5, 0.6) is 11.5 Å². The van der Waals surface area contributed by atoms with Crippen LogP contribution in [0.25, 0.3) is 5.76 Å². The summed E-state index contributed by atoms with van der Waals surface area (Å²) in [5.41, 5.74) is 2.46. The number of aryl methyl sites for hydroxylation is 1. The van der Waals surface area contributed by atoms with Crippen molar-refractivity contribution in [3.05, 3.63) is 94.0 Å². The molecule has 1 atom stereocenters. The molecule has 0 saturated carbocycles. The number of hydrogen-bond donors (Lipinski definition) is 1. The molecule has 1 aliphatic rings. The van der Waals surface area contributed by atoms with Crippen molar-refractivity contribution in [3.63, 3.8) is 0 Å². The highest BCUT2D eigenvalue weighted by molar-refractivity contribution is 6.51. The van der Waals surface area contributed by atoms with E-state index in [1.54, 1.807) is 42.5 Å². The minimum Gasteiger partial charge on any atom is -0.507 e. The van der Waals surface area contributed by atoms with Crippen molar-refractivity contribution in [2.24, 2.45) is 5.92 Å². The lowest BCUT2D eigenvalue weighted by Gasteiger charge is -2.27. The quantitative estimate of drug-likeness (QED) is 0.231. The zero-order valence-electron chi connectivity index (χ0n) is 20.6. The van der Waals surface area contributed by atoms with E-state index in [0.29, 0.717) is 40.3 Å². The Balaban J connectivity index is 1.86. The second kappa shape index (κ2) is 10.5. The summed E-state index contributed by atoms with van der Waals surface area (Å²) >= 11 is 6.15. The van der Waals surface area contributed by atoms with Crippen molar-refractivity contribution in [2.75, 3.05) is 18.6 Å². The second-order valence-electron chi connectivity index (χ2n) is 9.07. The van der Waals surface area contributed by atoms with E-state index in [1.807, 2.05) is 31.2 Å². The van der Waals surface area contributed by atoms with Crippen LogP contribution in [-0.2, 0) is 9.59 Å². The van der Waals surface area contributed by atoms with Gasteiger partial charge in [-0.1, -0.05) is 49.7 Å². The number of hydrogen-bond acceptors (Lipinski definition) is 5. The molecule has 0 spiro atoms. The number of carbonyl (C=O) groups is 2. The number of methoxy groups -OCH3 is 1. The van der Waals surface area contributed by atoms with Crippen LogP contribution < -0.4 is 14.4 Å². The van der Waals surface area contributed by atoms with E-state index in [-0.39, 0.29) is 11.3 Å². The van der Waals surface area contributed by atoms with E-state index in [0.717, 1.165) is 11.1 Å². The summed E-state index contributed by atoms with van der Waals surface area (Å²) in [6, 6.07) is 18.4. The van der Waals surface area contributed by atoms with E-state index >= 15 is 0 Å². The zero-order chi connectivity index (χ0) is 26.0. The van der Waals surface area contributed by atoms with E-state index in [2.05, 4.69) is 13.8 Å². The summed E-state index contributed by atoms with van der Waals surface area (Å²) in [6.07, 6.45) is 0. The van der Waals surface area contributed by atoms with Crippen LogP contribution in [0, 0.1) is 12.8 Å². The fourth-order valence-corrected chi connectivity index (χ4v) is 4.41. The average Bonchev–Trinajstić information content (AvgIpc) is 3.13. The predicted molar refractivity (Wildman–Crippen MR) is 141 cm³/mol. The Morgan fingerprint density at radius 3 is 2.39 bits per heavy atom. The van der Waals surface area contributed by atoms with Gasteiger partial charge >= 0.3 is 0 Å². The van der Waals surface area contributed by atoms with Crippen molar-refractivity contribution in [3.8, 4) is 11.5 Å². The summed E-state index contributed by atoms with van der Waals surface area (Å²) in [4.78, 5) is 28.2. The van der Waals surface area contributed by atoms with E-state index < -0.39 is 17.7 Å². The number of benzene rings is 3. The number of aliphatic hydroxyl groups excluding tert-OH is 1. The first-order valence-corrected chi connectivity index (χ1v) is 12.0. The van der Waals surface area contributed by atoms with Crippen molar-refractivity contribution in [1.82, 2.24) is 0 Å². The lowest BCUT2D eigenvalue weighted by Crippen LogP contribution is -2.29. The molecular formula is C29H28ClNO5. The molecule has 3 aromatic rings. The van der Waals surface area contributed by atoms with Crippen LogP contribution in [0.2, 0.25) is 5.02 Å². The fraction of sp³-hybridized carbons (Fsp3) is 0.241. The van der Waals surface area contributed by atoms with Gasteiger partial charge in [0.1, 0.15) is 17.3 Å². The minimum atomic E-state index is -0.824. The van der Waals surface area contributed by atoms with Gasteiger partial charge in [-0.25, -0.2) is 0 Å². The highest BCUT2D eigenvalue weighted by atomic mass is 35.5. The van der Waals surface area contributed by atoms with Crippen LogP contribution in [0.15, 0.2) is 72.3 Å². The summed E-state index contributed by atoms with van der Waals surface area (Å²) in [5.74, 6) is -0.397. The third-order valence-corrected chi connectivity index (χ3v) is 6.36. The number of anilines is 1. The highest BCUT2D eigenvalue weighted by Gasteiger charge is 2.47. The maximum absolute atomic E-state index is 13.4. The monoisotopic (exact) mass is 505 g/mol. The average molecular weight is 506 g/mol. The maximum Gasteiger partial charge on any atom is 0.300 e. The van der Waals surface area contributed by atoms with Gasteiger partial charge in [-0.2, -0.15) is 0 Å². The molecule has 0 bridgehead atoms. The van der Waals surface area contributed by atoms with E-state index in [1.165, 1.54) is 12.0 Å². The molecule has 1 fully saturated rings. The number of halogens is 1. The van der Waals surface area contributed by atoms with Crippen LogP contribution in [-0.4, -0.2) is 30.5 Å². The maximum atomic E-state index is 13.4. The summed E-state index contributed by atoms with van der Waals surface area (Å²) in [6.45, 7) is 6.60. The minimum absolute atomic E-state index is 0.00110. The Hall–Kier alpha value is -3.77. The molecular weight excluding hydrogens is 478 g/mol. The molecule has 0 aromatic heterocycles. The molecule has 0 aliphatic carbocycles. The first kappa shape index (κ1) is 25.3. The molecule has 1 heterocycles. The van der Waals surface area contributed by atoms with Gasteiger partial charge in [0.15, 0.2) is 0 Å². The molecule has 7 heteroatoms. The van der Waals surface area contributed by atoms with Gasteiger partial charge in [0, 0.05) is 11.3 Å². The Bertz CT molecular complexity index is 1330. The lowest BCUT2D eigenvalue weighted by atomic mass is 9.92. The molecule has 186 valence electrons. The molecule has 1 aliphatic heterocycles. The Morgan fingerprint density at radius 2 is 1.75 bits per heavy atom. The van der Waals surface area contributed by atoms with E-state index in [9.17, 15) is 14.7 Å². The number of carbonyl (C=O) groups excluding carboxylic acids is 2. The lowest BCUT2D eigenvalue weighted by molar-refractivity contribution is -0.132. The number of ether oxygens (including phenoxy) is 2. The van der Waals surface area contributed by atoms with Gasteiger partial charge in [0.05, 0.1) is 30.4 Å². The Labute approximate surface area is 215 Å². The zero-order valence-corrected chi connectivity index (χ0v) is 21.4. The number of aliphatic hydroxyl groups is 1. The molecule has 1 N–H and O–H groups in total. The molecule has 1 unspecified atom stereocenters. The standard InChI is InChI=1S/C29H28ClNO5/c1-17(2)16-36-21-12-10-20(11-13-21)31-26(22-8-6-5-7-18(22)3)25(28(33)29(31)34)27(32)19-9-14-23(30)24(15-19)35-4/h5-15,17,26,32H,16H2,1-4H3/b27-25+. The highest BCUT2D eigenvalue weighted by Crippen LogP contribution is 2.43.